The van der Waals surface area contributed by atoms with Gasteiger partial charge in [0.15, 0.2) is 0 Å². The van der Waals surface area contributed by atoms with Crippen molar-refractivity contribution in [3.05, 3.63) is 0 Å². The van der Waals surface area contributed by atoms with E-state index in [0.29, 0.717) is 11.5 Å². The first-order valence-electron chi connectivity index (χ1n) is 6.75. The van der Waals surface area contributed by atoms with Gasteiger partial charge in [0.25, 0.3) is 0 Å². The lowest BCUT2D eigenvalue weighted by molar-refractivity contribution is 0.172. The van der Waals surface area contributed by atoms with Gasteiger partial charge in [-0.3, -0.25) is 4.90 Å². The summed E-state index contributed by atoms with van der Waals surface area (Å²) in [5.41, 5.74) is 0.688. The van der Waals surface area contributed by atoms with Crippen LogP contribution in [0.25, 0.3) is 0 Å². The maximum Gasteiger partial charge on any atom is 0.0167 e. The summed E-state index contributed by atoms with van der Waals surface area (Å²) >= 11 is 0. The van der Waals surface area contributed by atoms with Crippen LogP contribution in [0.4, 0.5) is 0 Å². The zero-order valence-corrected chi connectivity index (χ0v) is 9.97. The molecule has 0 aromatic carbocycles. The summed E-state index contributed by atoms with van der Waals surface area (Å²) in [5, 5.41) is 3.71. The van der Waals surface area contributed by atoms with Gasteiger partial charge in [-0.25, -0.2) is 0 Å². The van der Waals surface area contributed by atoms with Crippen molar-refractivity contribution < 1.29 is 0 Å². The molecular formula is C13H24N2. The lowest BCUT2D eigenvalue weighted by Crippen LogP contribution is -2.40. The van der Waals surface area contributed by atoms with E-state index in [-0.39, 0.29) is 0 Å². The first kappa shape index (κ1) is 10.1. The van der Waals surface area contributed by atoms with Crippen molar-refractivity contribution in [1.29, 1.82) is 0 Å². The predicted molar refractivity (Wildman–Crippen MR) is 63.0 cm³/mol. The second-order valence-electron chi connectivity index (χ2n) is 6.15. The molecule has 2 aliphatic carbocycles. The molecule has 0 aromatic heterocycles. The van der Waals surface area contributed by atoms with E-state index in [9.17, 15) is 0 Å². The van der Waals surface area contributed by atoms with Crippen molar-refractivity contribution in [2.24, 2.45) is 5.41 Å². The lowest BCUT2D eigenvalue weighted by Gasteiger charge is -2.30. The highest BCUT2D eigenvalue weighted by atomic mass is 15.2. The Morgan fingerprint density at radius 1 is 1.20 bits per heavy atom. The number of hydrogen-bond donors (Lipinski definition) is 1. The van der Waals surface area contributed by atoms with E-state index in [0.717, 1.165) is 6.04 Å². The highest BCUT2D eigenvalue weighted by Gasteiger charge is 2.46. The Morgan fingerprint density at radius 3 is 2.60 bits per heavy atom. The molecule has 1 spiro atoms. The molecule has 0 aromatic rings. The highest BCUT2D eigenvalue weighted by molar-refractivity contribution is 5.01. The average molecular weight is 208 g/mol. The Labute approximate surface area is 93.4 Å². The van der Waals surface area contributed by atoms with E-state index in [1.807, 2.05) is 0 Å². The molecular weight excluding hydrogens is 184 g/mol. The summed E-state index contributed by atoms with van der Waals surface area (Å²) < 4.78 is 0. The predicted octanol–water partition coefficient (Wildman–Crippen LogP) is 2.00. The molecule has 86 valence electrons. The van der Waals surface area contributed by atoms with Crippen LogP contribution in [0.2, 0.25) is 0 Å². The van der Waals surface area contributed by atoms with Gasteiger partial charge in [-0.15, -0.1) is 0 Å². The second kappa shape index (κ2) is 3.74. The van der Waals surface area contributed by atoms with Crippen LogP contribution in [0.1, 0.15) is 45.4 Å². The van der Waals surface area contributed by atoms with E-state index >= 15 is 0 Å². The van der Waals surface area contributed by atoms with Gasteiger partial charge in [-0.1, -0.05) is 12.8 Å². The van der Waals surface area contributed by atoms with Crippen LogP contribution in [0.5, 0.6) is 0 Å². The minimum atomic E-state index is 0.688. The van der Waals surface area contributed by atoms with E-state index in [1.165, 1.54) is 58.2 Å². The second-order valence-corrected chi connectivity index (χ2v) is 6.15. The molecule has 15 heavy (non-hydrogen) atoms. The zero-order chi connectivity index (χ0) is 10.3. The topological polar surface area (TPSA) is 15.3 Å². The van der Waals surface area contributed by atoms with Gasteiger partial charge >= 0.3 is 0 Å². The largest absolute Gasteiger partial charge is 0.312 e. The molecule has 3 rings (SSSR count). The lowest BCUT2D eigenvalue weighted by atomic mass is 10.1. The van der Waals surface area contributed by atoms with Crippen molar-refractivity contribution in [1.82, 2.24) is 10.2 Å². The Bertz CT molecular complexity index is 229. The molecule has 0 bridgehead atoms. The molecule has 3 fully saturated rings. The summed E-state index contributed by atoms with van der Waals surface area (Å²) in [6, 6.07) is 1.62. The van der Waals surface area contributed by atoms with Gasteiger partial charge in [0.2, 0.25) is 0 Å². The van der Waals surface area contributed by atoms with Gasteiger partial charge in [-0.2, -0.15) is 0 Å². The van der Waals surface area contributed by atoms with Crippen LogP contribution in [0, 0.1) is 5.41 Å². The minimum absolute atomic E-state index is 0.688. The van der Waals surface area contributed by atoms with Crippen LogP contribution in [0.15, 0.2) is 0 Å². The monoisotopic (exact) mass is 208 g/mol. The van der Waals surface area contributed by atoms with Gasteiger partial charge in [-0.05, 0) is 38.0 Å². The summed E-state index contributed by atoms with van der Waals surface area (Å²) in [6.07, 6.45) is 8.80. The molecule has 1 unspecified atom stereocenters. The highest BCUT2D eigenvalue weighted by Crippen LogP contribution is 2.47. The fourth-order valence-electron chi connectivity index (χ4n) is 3.42. The van der Waals surface area contributed by atoms with E-state index in [4.69, 9.17) is 0 Å². The van der Waals surface area contributed by atoms with Crippen LogP contribution < -0.4 is 5.32 Å². The average Bonchev–Trinajstić information content (AvgIpc) is 2.82. The molecule has 0 radical (unpaired) electrons. The molecule has 2 saturated carbocycles. The van der Waals surface area contributed by atoms with Crippen molar-refractivity contribution in [3.63, 3.8) is 0 Å². The number of hydrogen-bond acceptors (Lipinski definition) is 2. The number of nitrogens with zero attached hydrogens (tertiary/aromatic N) is 1. The molecule has 1 N–H and O–H groups in total. The third-order valence-electron chi connectivity index (χ3n) is 4.67. The molecule has 2 nitrogen and oxygen atoms in total. The quantitative estimate of drug-likeness (QED) is 0.709. The van der Waals surface area contributed by atoms with E-state index in [1.54, 1.807) is 0 Å². The van der Waals surface area contributed by atoms with Gasteiger partial charge in [0.1, 0.15) is 0 Å². The van der Waals surface area contributed by atoms with Gasteiger partial charge in [0.05, 0.1) is 0 Å². The fourth-order valence-corrected chi connectivity index (χ4v) is 3.42. The first-order valence-corrected chi connectivity index (χ1v) is 6.75. The summed E-state index contributed by atoms with van der Waals surface area (Å²) in [5.74, 6) is 0. The van der Waals surface area contributed by atoms with Gasteiger partial charge < -0.3 is 5.32 Å². The molecule has 2 heteroatoms. The third kappa shape index (κ3) is 2.07. The van der Waals surface area contributed by atoms with Crippen LogP contribution >= 0.6 is 0 Å². The summed E-state index contributed by atoms with van der Waals surface area (Å²) in [4.78, 5) is 2.81. The normalized spacial score (nSPS) is 37.0. The van der Waals surface area contributed by atoms with Crippen molar-refractivity contribution in [2.45, 2.75) is 57.5 Å². The minimum Gasteiger partial charge on any atom is -0.312 e. The zero-order valence-electron chi connectivity index (χ0n) is 9.97. The van der Waals surface area contributed by atoms with Crippen LogP contribution in [-0.4, -0.2) is 36.6 Å². The number of nitrogens with one attached hydrogen (secondary N) is 1. The molecule has 1 atom stereocenters. The first-order chi connectivity index (χ1) is 7.27. The molecule has 3 aliphatic rings. The smallest absolute Gasteiger partial charge is 0.0167 e. The maximum absolute atomic E-state index is 3.71. The fraction of sp³-hybridized carbons (Fsp3) is 1.00. The summed E-state index contributed by atoms with van der Waals surface area (Å²) in [6.45, 7) is 6.29. The Balaban J connectivity index is 1.69. The van der Waals surface area contributed by atoms with Gasteiger partial charge in [0, 0.05) is 31.7 Å². The van der Waals surface area contributed by atoms with Crippen molar-refractivity contribution in [3.8, 4) is 0 Å². The molecule has 1 aliphatic heterocycles. The van der Waals surface area contributed by atoms with Crippen LogP contribution in [-0.2, 0) is 0 Å². The van der Waals surface area contributed by atoms with Crippen molar-refractivity contribution >= 4 is 0 Å². The SMILES string of the molecule is CC1CN(C2CCCC2)CC2(CC2)CN1. The molecule has 1 saturated heterocycles. The Kier molecular flexibility index (Phi) is 2.52. The van der Waals surface area contributed by atoms with E-state index < -0.39 is 0 Å². The molecule has 1 heterocycles. The summed E-state index contributed by atoms with van der Waals surface area (Å²) in [7, 11) is 0. The third-order valence-corrected chi connectivity index (χ3v) is 4.67. The maximum atomic E-state index is 3.71. The molecule has 0 amide bonds. The Hall–Kier alpha value is -0.0800. The van der Waals surface area contributed by atoms with Crippen molar-refractivity contribution in [2.75, 3.05) is 19.6 Å². The Morgan fingerprint density at radius 2 is 1.93 bits per heavy atom. The standard InChI is InChI=1S/C13H24N2/c1-11-8-15(12-4-2-3-5-12)10-13(6-7-13)9-14-11/h11-12,14H,2-10H2,1H3. The van der Waals surface area contributed by atoms with Crippen LogP contribution in [0.3, 0.4) is 0 Å². The van der Waals surface area contributed by atoms with E-state index in [2.05, 4.69) is 17.1 Å². The number of rotatable bonds is 1.